The van der Waals surface area contributed by atoms with Crippen LogP contribution in [0.25, 0.3) is 0 Å². The van der Waals surface area contributed by atoms with E-state index in [-0.39, 0.29) is 6.54 Å². The molecule has 0 bridgehead atoms. The SMILES string of the molecule is CCC(NCC(O)c1ccc2c(c1)OCCO2)C(=O)O. The minimum Gasteiger partial charge on any atom is -0.486 e. The second kappa shape index (κ2) is 6.58. The highest BCUT2D eigenvalue weighted by Crippen LogP contribution is 2.32. The largest absolute Gasteiger partial charge is 0.486 e. The number of benzene rings is 1. The molecule has 2 atom stereocenters. The van der Waals surface area contributed by atoms with Crippen molar-refractivity contribution in [2.75, 3.05) is 19.8 Å². The Hall–Kier alpha value is -1.79. The normalized spacial score (nSPS) is 16.5. The van der Waals surface area contributed by atoms with E-state index < -0.39 is 18.1 Å². The molecule has 1 aliphatic rings. The van der Waals surface area contributed by atoms with Crippen molar-refractivity contribution in [3.8, 4) is 11.5 Å². The summed E-state index contributed by atoms with van der Waals surface area (Å²) in [6, 6.07) is 4.58. The number of ether oxygens (including phenoxy) is 2. The maximum absolute atomic E-state index is 10.9. The van der Waals surface area contributed by atoms with Gasteiger partial charge in [0.15, 0.2) is 11.5 Å². The zero-order valence-corrected chi connectivity index (χ0v) is 11.3. The highest BCUT2D eigenvalue weighted by Gasteiger charge is 2.18. The number of fused-ring (bicyclic) bond motifs is 1. The molecule has 0 aromatic heterocycles. The lowest BCUT2D eigenvalue weighted by molar-refractivity contribution is -0.139. The Morgan fingerprint density at radius 1 is 1.35 bits per heavy atom. The lowest BCUT2D eigenvalue weighted by atomic mass is 10.1. The quantitative estimate of drug-likeness (QED) is 0.719. The molecule has 0 aliphatic carbocycles. The highest BCUT2D eigenvalue weighted by atomic mass is 16.6. The summed E-state index contributed by atoms with van der Waals surface area (Å²) >= 11 is 0. The van der Waals surface area contributed by atoms with Gasteiger partial charge in [-0.25, -0.2) is 0 Å². The fourth-order valence-electron chi connectivity index (χ4n) is 2.05. The highest BCUT2D eigenvalue weighted by molar-refractivity contribution is 5.73. The van der Waals surface area contributed by atoms with E-state index >= 15 is 0 Å². The summed E-state index contributed by atoms with van der Waals surface area (Å²) in [5.74, 6) is 0.358. The van der Waals surface area contributed by atoms with Crippen molar-refractivity contribution in [3.63, 3.8) is 0 Å². The first-order valence-corrected chi connectivity index (χ1v) is 6.65. The number of hydrogen-bond acceptors (Lipinski definition) is 5. The van der Waals surface area contributed by atoms with Crippen LogP contribution in [0, 0.1) is 0 Å². The van der Waals surface area contributed by atoms with E-state index in [1.807, 2.05) is 0 Å². The van der Waals surface area contributed by atoms with Crippen LogP contribution in [0.4, 0.5) is 0 Å². The molecule has 3 N–H and O–H groups in total. The topological polar surface area (TPSA) is 88.0 Å². The molecule has 0 saturated carbocycles. The van der Waals surface area contributed by atoms with Crippen LogP contribution >= 0.6 is 0 Å². The Kier molecular flexibility index (Phi) is 4.81. The monoisotopic (exact) mass is 281 g/mol. The van der Waals surface area contributed by atoms with Gasteiger partial charge in [0.2, 0.25) is 0 Å². The molecule has 0 spiro atoms. The maximum atomic E-state index is 10.9. The summed E-state index contributed by atoms with van der Waals surface area (Å²) in [7, 11) is 0. The molecule has 6 heteroatoms. The molecule has 6 nitrogen and oxygen atoms in total. The summed E-state index contributed by atoms with van der Waals surface area (Å²) in [5.41, 5.74) is 0.669. The first-order chi connectivity index (χ1) is 9.61. The van der Waals surface area contributed by atoms with Crippen molar-refractivity contribution >= 4 is 5.97 Å². The van der Waals surface area contributed by atoms with Crippen LogP contribution < -0.4 is 14.8 Å². The van der Waals surface area contributed by atoms with Gasteiger partial charge in [-0.1, -0.05) is 13.0 Å². The third kappa shape index (κ3) is 3.40. The van der Waals surface area contributed by atoms with Gasteiger partial charge >= 0.3 is 5.97 Å². The molecular weight excluding hydrogens is 262 g/mol. The summed E-state index contributed by atoms with van der Waals surface area (Å²) in [5, 5.41) is 21.9. The number of carboxylic acids is 1. The number of carbonyl (C=O) groups is 1. The van der Waals surface area contributed by atoms with Crippen molar-refractivity contribution in [1.29, 1.82) is 0 Å². The fourth-order valence-corrected chi connectivity index (χ4v) is 2.05. The maximum Gasteiger partial charge on any atom is 0.320 e. The van der Waals surface area contributed by atoms with Crippen LogP contribution in [0.5, 0.6) is 11.5 Å². The molecule has 1 aliphatic heterocycles. The van der Waals surface area contributed by atoms with Crippen LogP contribution in [0.1, 0.15) is 25.0 Å². The molecule has 1 heterocycles. The Labute approximate surface area is 117 Å². The molecular formula is C14H19NO5. The molecule has 110 valence electrons. The second-order valence-electron chi connectivity index (χ2n) is 4.63. The van der Waals surface area contributed by atoms with Gasteiger partial charge < -0.3 is 25.0 Å². The van der Waals surface area contributed by atoms with Crippen LogP contribution in [-0.4, -0.2) is 42.0 Å². The number of aliphatic hydroxyl groups excluding tert-OH is 1. The van der Waals surface area contributed by atoms with E-state index in [2.05, 4.69) is 5.32 Å². The summed E-state index contributed by atoms with van der Waals surface area (Å²) in [4.78, 5) is 10.9. The Morgan fingerprint density at radius 2 is 2.05 bits per heavy atom. The first kappa shape index (κ1) is 14.6. The van der Waals surface area contributed by atoms with Crippen molar-refractivity contribution in [1.82, 2.24) is 5.32 Å². The van der Waals surface area contributed by atoms with Gasteiger partial charge in [-0.05, 0) is 24.1 Å². The molecule has 1 aromatic rings. The molecule has 0 radical (unpaired) electrons. The summed E-state index contributed by atoms with van der Waals surface area (Å²) in [6.07, 6.45) is -0.331. The lowest BCUT2D eigenvalue weighted by Crippen LogP contribution is -2.38. The van der Waals surface area contributed by atoms with Gasteiger partial charge in [0, 0.05) is 6.54 Å². The van der Waals surface area contributed by atoms with Crippen molar-refractivity contribution in [3.05, 3.63) is 23.8 Å². The average Bonchev–Trinajstić information content (AvgIpc) is 2.46. The molecule has 0 amide bonds. The molecule has 0 fully saturated rings. The molecule has 2 unspecified atom stereocenters. The van der Waals surface area contributed by atoms with Gasteiger partial charge in [0.25, 0.3) is 0 Å². The van der Waals surface area contributed by atoms with E-state index in [9.17, 15) is 9.90 Å². The van der Waals surface area contributed by atoms with E-state index in [1.165, 1.54) is 0 Å². The predicted octanol–water partition coefficient (Wildman–Crippen LogP) is 0.944. The average molecular weight is 281 g/mol. The van der Waals surface area contributed by atoms with E-state index in [4.69, 9.17) is 14.6 Å². The zero-order chi connectivity index (χ0) is 14.5. The minimum atomic E-state index is -0.915. The van der Waals surface area contributed by atoms with Crippen molar-refractivity contribution < 1.29 is 24.5 Å². The number of nitrogens with one attached hydrogen (secondary N) is 1. The first-order valence-electron chi connectivity index (χ1n) is 6.65. The minimum absolute atomic E-state index is 0.171. The lowest BCUT2D eigenvalue weighted by Gasteiger charge is -2.21. The van der Waals surface area contributed by atoms with Crippen molar-refractivity contribution in [2.45, 2.75) is 25.5 Å². The smallest absolute Gasteiger partial charge is 0.320 e. The van der Waals surface area contributed by atoms with E-state index in [0.717, 1.165) is 0 Å². The third-order valence-corrected chi connectivity index (χ3v) is 3.21. The van der Waals surface area contributed by atoms with Crippen LogP contribution in [0.2, 0.25) is 0 Å². The molecule has 20 heavy (non-hydrogen) atoms. The second-order valence-corrected chi connectivity index (χ2v) is 4.63. The van der Waals surface area contributed by atoms with Gasteiger partial charge in [-0.15, -0.1) is 0 Å². The number of aliphatic hydroxyl groups is 1. The Morgan fingerprint density at radius 3 is 2.70 bits per heavy atom. The van der Waals surface area contributed by atoms with Gasteiger partial charge in [0.1, 0.15) is 19.3 Å². The predicted molar refractivity (Wildman–Crippen MR) is 72.1 cm³/mol. The van der Waals surface area contributed by atoms with E-state index in [0.29, 0.717) is 36.7 Å². The number of hydrogen-bond donors (Lipinski definition) is 3. The van der Waals surface area contributed by atoms with Crippen molar-refractivity contribution in [2.24, 2.45) is 0 Å². The molecule has 0 saturated heterocycles. The van der Waals surface area contributed by atoms with Gasteiger partial charge in [-0.3, -0.25) is 4.79 Å². The fraction of sp³-hybridized carbons (Fsp3) is 0.500. The van der Waals surface area contributed by atoms with Crippen LogP contribution in [-0.2, 0) is 4.79 Å². The summed E-state index contributed by atoms with van der Waals surface area (Å²) < 4.78 is 10.9. The van der Waals surface area contributed by atoms with Crippen LogP contribution in [0.15, 0.2) is 18.2 Å². The van der Waals surface area contributed by atoms with Crippen LogP contribution in [0.3, 0.4) is 0 Å². The molecule has 2 rings (SSSR count). The number of rotatable bonds is 6. The number of carboxylic acid groups (broad SMARTS) is 1. The van der Waals surface area contributed by atoms with Gasteiger partial charge in [-0.2, -0.15) is 0 Å². The summed E-state index contributed by atoms with van der Waals surface area (Å²) in [6.45, 7) is 2.96. The Balaban J connectivity index is 1.98. The number of aliphatic carboxylic acids is 1. The molecule has 1 aromatic carbocycles. The van der Waals surface area contributed by atoms with E-state index in [1.54, 1.807) is 25.1 Å². The zero-order valence-electron chi connectivity index (χ0n) is 11.3. The Bertz CT molecular complexity index is 477. The standard InChI is InChI=1S/C14H19NO5/c1-2-10(14(17)18)15-8-11(16)9-3-4-12-13(7-9)20-6-5-19-12/h3-4,7,10-11,15-16H,2,5-6,8H2,1H3,(H,17,18). The third-order valence-electron chi connectivity index (χ3n) is 3.21. The van der Waals surface area contributed by atoms with Gasteiger partial charge in [0.05, 0.1) is 6.10 Å².